The van der Waals surface area contributed by atoms with Gasteiger partial charge < -0.3 is 0 Å². The third-order valence-corrected chi connectivity index (χ3v) is 0.729. The molecule has 0 aromatic rings. The zero-order valence-electron chi connectivity index (χ0n) is 4.91. The molecule has 0 fully saturated rings. The van der Waals surface area contributed by atoms with Gasteiger partial charge in [-0.25, -0.2) is 0 Å². The van der Waals surface area contributed by atoms with Gasteiger partial charge in [0.25, 0.3) is 0 Å². The van der Waals surface area contributed by atoms with Crippen LogP contribution in [0.3, 0.4) is 0 Å². The van der Waals surface area contributed by atoms with Gasteiger partial charge in [-0.1, -0.05) is 24.3 Å². The Morgan fingerprint density at radius 1 is 1.00 bits per heavy atom. The largest absolute Gasteiger partial charge is 2.00 e. The summed E-state index contributed by atoms with van der Waals surface area (Å²) >= 11 is 0. The van der Waals surface area contributed by atoms with Gasteiger partial charge in [-0.2, -0.15) is 0 Å². The smallest absolute Gasteiger partial charge is 0.0959 e. The van der Waals surface area contributed by atoms with Crippen molar-refractivity contribution in [3.8, 4) is 0 Å². The normalized spacial score (nSPS) is 6.57. The average molecular weight is 173 g/mol. The molecule has 0 nitrogen and oxygen atoms in total. The summed E-state index contributed by atoms with van der Waals surface area (Å²) < 4.78 is 0. The predicted molar refractivity (Wildman–Crippen MR) is 29.6 cm³/mol. The monoisotopic (exact) mass is 172 g/mol. The van der Waals surface area contributed by atoms with Gasteiger partial charge in [-0.05, 0) is 13.8 Å². The van der Waals surface area contributed by atoms with E-state index in [9.17, 15) is 0 Å². The van der Waals surface area contributed by atoms with Crippen molar-refractivity contribution in [3.05, 3.63) is 24.3 Å². The van der Waals surface area contributed by atoms with Gasteiger partial charge in [0.15, 0.2) is 0 Å². The second kappa shape index (κ2) is 4.52. The molecule has 0 bridgehead atoms. The Balaban J connectivity index is 0. The van der Waals surface area contributed by atoms with E-state index in [1.54, 1.807) is 0 Å². The topological polar surface area (TPSA) is 0 Å². The molecule has 0 spiro atoms. The fraction of sp³-hybridized carbons (Fsp3) is 0.333. The van der Waals surface area contributed by atoms with E-state index in [-0.39, 0.29) is 26.2 Å². The average Bonchev–Trinajstić information content (AvgIpc) is 1.36. The van der Waals surface area contributed by atoms with Gasteiger partial charge in [0.05, 0.1) is 0 Å². The van der Waals surface area contributed by atoms with Gasteiger partial charge in [-0.15, -0.1) is 0 Å². The summed E-state index contributed by atoms with van der Waals surface area (Å²) in [4.78, 5) is 0. The zero-order chi connectivity index (χ0) is 5.15. The minimum Gasteiger partial charge on any atom is -0.0959 e. The molecule has 0 radical (unpaired) electrons. The van der Waals surface area contributed by atoms with Crippen LogP contribution in [0.15, 0.2) is 24.3 Å². The van der Waals surface area contributed by atoms with E-state index < -0.39 is 0 Å². The molecule has 1 heteroatoms. The summed E-state index contributed by atoms with van der Waals surface area (Å²) in [6, 6.07) is 0. The molecule has 0 aliphatic heterocycles. The molecule has 7 heavy (non-hydrogen) atoms. The maximum Gasteiger partial charge on any atom is 2.00 e. The van der Waals surface area contributed by atoms with E-state index in [0.29, 0.717) is 0 Å². The number of hydrogen-bond donors (Lipinski definition) is 0. The minimum absolute atomic E-state index is 0. The first-order valence-corrected chi connectivity index (χ1v) is 1.96. The molecule has 0 rings (SSSR count). The van der Waals surface area contributed by atoms with Crippen LogP contribution in [0.2, 0.25) is 0 Å². The molecule has 0 amide bonds. The fourth-order valence-corrected chi connectivity index (χ4v) is 0. The van der Waals surface area contributed by atoms with Gasteiger partial charge in [0, 0.05) is 0 Å². The third-order valence-electron chi connectivity index (χ3n) is 0.729. The van der Waals surface area contributed by atoms with Crippen LogP contribution >= 0.6 is 0 Å². The Kier molecular flexibility index (Phi) is 6.69. The molecule has 36 valence electrons. The molecule has 0 N–H and O–H groups in total. The summed E-state index contributed by atoms with van der Waals surface area (Å²) in [5.74, 6) is 0. The van der Waals surface area contributed by atoms with Gasteiger partial charge in [0.1, 0.15) is 0 Å². The molecule has 0 saturated heterocycles. The molecule has 0 aromatic heterocycles. The van der Waals surface area contributed by atoms with Crippen LogP contribution in [-0.2, 0) is 26.2 Å². The molecule has 0 aliphatic rings. The molecule has 0 saturated carbocycles. The van der Waals surface area contributed by atoms with Crippen LogP contribution in [-0.4, -0.2) is 0 Å². The van der Waals surface area contributed by atoms with Crippen molar-refractivity contribution in [3.63, 3.8) is 0 Å². The number of allylic oxidation sites excluding steroid dienone is 2. The third kappa shape index (κ3) is 6.36. The SMILES string of the molecule is C=C(C)C(=C)C.[Zr+2]. The first kappa shape index (κ1) is 10.4. The fourth-order valence-electron chi connectivity index (χ4n) is 0. The molecule has 0 aliphatic carbocycles. The maximum atomic E-state index is 3.66. The summed E-state index contributed by atoms with van der Waals surface area (Å²) in [7, 11) is 0. The Morgan fingerprint density at radius 2 is 1.14 bits per heavy atom. The number of hydrogen-bond acceptors (Lipinski definition) is 0. The van der Waals surface area contributed by atoms with Gasteiger partial charge in [-0.3, -0.25) is 0 Å². The van der Waals surface area contributed by atoms with E-state index >= 15 is 0 Å². The van der Waals surface area contributed by atoms with E-state index in [1.807, 2.05) is 13.8 Å². The van der Waals surface area contributed by atoms with Crippen molar-refractivity contribution in [2.75, 3.05) is 0 Å². The summed E-state index contributed by atoms with van der Waals surface area (Å²) in [6.07, 6.45) is 0. The molecule has 0 unspecified atom stereocenters. The Hall–Kier alpha value is 0.363. The second-order valence-corrected chi connectivity index (χ2v) is 1.56. The first-order valence-electron chi connectivity index (χ1n) is 1.96. The minimum atomic E-state index is 0. The Bertz CT molecular complexity index is 70.2. The second-order valence-electron chi connectivity index (χ2n) is 1.56. The van der Waals surface area contributed by atoms with Gasteiger partial charge in [0.2, 0.25) is 0 Å². The van der Waals surface area contributed by atoms with Crippen LogP contribution in [0.4, 0.5) is 0 Å². The maximum absolute atomic E-state index is 3.66. The van der Waals surface area contributed by atoms with E-state index in [2.05, 4.69) is 13.2 Å². The summed E-state index contributed by atoms with van der Waals surface area (Å²) in [5, 5.41) is 0. The van der Waals surface area contributed by atoms with Gasteiger partial charge >= 0.3 is 26.2 Å². The summed E-state index contributed by atoms with van der Waals surface area (Å²) in [6.45, 7) is 11.2. The van der Waals surface area contributed by atoms with Crippen LogP contribution in [0.1, 0.15) is 13.8 Å². The predicted octanol–water partition coefficient (Wildman–Crippen LogP) is 2.14. The Morgan fingerprint density at radius 3 is 1.14 bits per heavy atom. The zero-order valence-corrected chi connectivity index (χ0v) is 7.37. The molecule has 0 heterocycles. The van der Waals surface area contributed by atoms with E-state index in [1.165, 1.54) is 0 Å². The van der Waals surface area contributed by atoms with Crippen molar-refractivity contribution < 1.29 is 26.2 Å². The quantitative estimate of drug-likeness (QED) is 0.533. The van der Waals surface area contributed by atoms with Crippen LogP contribution in [0.25, 0.3) is 0 Å². The van der Waals surface area contributed by atoms with E-state index in [0.717, 1.165) is 11.1 Å². The van der Waals surface area contributed by atoms with Crippen LogP contribution in [0.5, 0.6) is 0 Å². The van der Waals surface area contributed by atoms with E-state index in [4.69, 9.17) is 0 Å². The van der Waals surface area contributed by atoms with Crippen molar-refractivity contribution in [1.82, 2.24) is 0 Å². The van der Waals surface area contributed by atoms with Crippen molar-refractivity contribution in [1.29, 1.82) is 0 Å². The van der Waals surface area contributed by atoms with Crippen molar-refractivity contribution in [2.45, 2.75) is 13.8 Å². The molecular formula is C6H10Zr+2. The molecule has 0 aromatic carbocycles. The van der Waals surface area contributed by atoms with Crippen molar-refractivity contribution >= 4 is 0 Å². The number of rotatable bonds is 1. The van der Waals surface area contributed by atoms with Crippen molar-refractivity contribution in [2.24, 2.45) is 0 Å². The van der Waals surface area contributed by atoms with Crippen LogP contribution < -0.4 is 0 Å². The van der Waals surface area contributed by atoms with Crippen LogP contribution in [0, 0.1) is 0 Å². The summed E-state index contributed by atoms with van der Waals surface area (Å²) in [5.41, 5.74) is 2.13. The molecule has 0 atom stereocenters. The Labute approximate surface area is 64.4 Å². The molecular weight excluding hydrogens is 163 g/mol. The standard InChI is InChI=1S/C6H10.Zr/c1-5(2)6(3)4;/h1,3H2,2,4H3;/q;+2. The first-order chi connectivity index (χ1) is 2.64.